The molecule has 3 aromatic rings. The molecule has 0 amide bonds. The first-order chi connectivity index (χ1) is 10.2. The molecule has 3 rings (SSSR count). The summed E-state index contributed by atoms with van der Waals surface area (Å²) >= 11 is 0. The SMILES string of the molecule is Cc1ccc(C(NN)c2ccc3ccccc3c2)cc1F. The molecule has 21 heavy (non-hydrogen) atoms. The van der Waals surface area contributed by atoms with Crippen molar-refractivity contribution in [2.24, 2.45) is 5.84 Å². The van der Waals surface area contributed by atoms with Crippen molar-refractivity contribution < 1.29 is 4.39 Å². The van der Waals surface area contributed by atoms with Crippen LogP contribution in [0.25, 0.3) is 10.8 Å². The molecule has 0 spiro atoms. The standard InChI is InChI=1S/C18H17FN2/c1-12-6-7-16(11-17(12)19)18(21-20)15-9-8-13-4-2-3-5-14(13)10-15/h2-11,18,21H,20H2,1H3. The molecule has 0 saturated heterocycles. The summed E-state index contributed by atoms with van der Waals surface area (Å²) in [7, 11) is 0. The highest BCUT2D eigenvalue weighted by Crippen LogP contribution is 2.26. The lowest BCUT2D eigenvalue weighted by molar-refractivity contribution is 0.599. The molecule has 0 bridgehead atoms. The topological polar surface area (TPSA) is 38.0 Å². The van der Waals surface area contributed by atoms with Crippen LogP contribution >= 0.6 is 0 Å². The monoisotopic (exact) mass is 280 g/mol. The van der Waals surface area contributed by atoms with E-state index < -0.39 is 0 Å². The maximum atomic E-state index is 13.8. The molecule has 1 atom stereocenters. The molecule has 0 saturated carbocycles. The molecule has 0 aliphatic carbocycles. The number of halogens is 1. The Kier molecular flexibility index (Phi) is 3.69. The van der Waals surface area contributed by atoms with Crippen molar-refractivity contribution >= 4 is 10.8 Å². The van der Waals surface area contributed by atoms with Crippen LogP contribution in [-0.4, -0.2) is 0 Å². The molecule has 0 aromatic heterocycles. The van der Waals surface area contributed by atoms with Gasteiger partial charge in [0, 0.05) is 0 Å². The van der Waals surface area contributed by atoms with Gasteiger partial charge in [0.15, 0.2) is 0 Å². The molecule has 3 aromatic carbocycles. The zero-order valence-electron chi connectivity index (χ0n) is 11.8. The normalized spacial score (nSPS) is 12.5. The lowest BCUT2D eigenvalue weighted by atomic mass is 9.96. The third kappa shape index (κ3) is 2.66. The van der Waals surface area contributed by atoms with Crippen LogP contribution in [0.5, 0.6) is 0 Å². The number of nitrogens with two attached hydrogens (primary N) is 1. The van der Waals surface area contributed by atoms with Crippen LogP contribution in [0.1, 0.15) is 22.7 Å². The van der Waals surface area contributed by atoms with Gasteiger partial charge >= 0.3 is 0 Å². The minimum absolute atomic E-state index is 0.214. The summed E-state index contributed by atoms with van der Waals surface area (Å²) in [5.74, 6) is 5.48. The van der Waals surface area contributed by atoms with Crippen LogP contribution in [-0.2, 0) is 0 Å². The highest BCUT2D eigenvalue weighted by Gasteiger charge is 2.14. The minimum atomic E-state index is -0.232. The van der Waals surface area contributed by atoms with Gasteiger partial charge in [0.1, 0.15) is 5.82 Å². The maximum absolute atomic E-state index is 13.8. The first-order valence-corrected chi connectivity index (χ1v) is 6.90. The zero-order valence-corrected chi connectivity index (χ0v) is 11.8. The quantitative estimate of drug-likeness (QED) is 0.565. The number of rotatable bonds is 3. The van der Waals surface area contributed by atoms with Gasteiger partial charge in [-0.3, -0.25) is 5.84 Å². The minimum Gasteiger partial charge on any atom is -0.271 e. The van der Waals surface area contributed by atoms with E-state index in [2.05, 4.69) is 29.7 Å². The number of nitrogens with one attached hydrogen (secondary N) is 1. The van der Waals surface area contributed by atoms with Gasteiger partial charge < -0.3 is 0 Å². The molecule has 0 radical (unpaired) electrons. The fraction of sp³-hybridized carbons (Fsp3) is 0.111. The van der Waals surface area contributed by atoms with E-state index in [1.54, 1.807) is 13.0 Å². The van der Waals surface area contributed by atoms with Crippen LogP contribution in [0.2, 0.25) is 0 Å². The molecule has 0 fully saturated rings. The van der Waals surface area contributed by atoms with Crippen LogP contribution < -0.4 is 11.3 Å². The van der Waals surface area contributed by atoms with E-state index >= 15 is 0 Å². The number of benzene rings is 3. The second kappa shape index (κ2) is 5.64. The van der Waals surface area contributed by atoms with Crippen molar-refractivity contribution in [3.63, 3.8) is 0 Å². The fourth-order valence-electron chi connectivity index (χ4n) is 2.56. The molecule has 0 aliphatic rings. The highest BCUT2D eigenvalue weighted by molar-refractivity contribution is 5.83. The predicted octanol–water partition coefficient (Wildman–Crippen LogP) is 3.84. The third-order valence-corrected chi connectivity index (χ3v) is 3.80. The Labute approximate surface area is 123 Å². The van der Waals surface area contributed by atoms with Crippen LogP contribution in [0.4, 0.5) is 4.39 Å². The van der Waals surface area contributed by atoms with Crippen molar-refractivity contribution in [1.82, 2.24) is 5.43 Å². The number of hydrazine groups is 1. The Morgan fingerprint density at radius 2 is 1.57 bits per heavy atom. The van der Waals surface area contributed by atoms with Gasteiger partial charge in [-0.15, -0.1) is 0 Å². The van der Waals surface area contributed by atoms with E-state index in [9.17, 15) is 4.39 Å². The largest absolute Gasteiger partial charge is 0.271 e. The highest BCUT2D eigenvalue weighted by atomic mass is 19.1. The number of hydrogen-bond donors (Lipinski definition) is 2. The van der Waals surface area contributed by atoms with E-state index in [0.29, 0.717) is 5.56 Å². The lowest BCUT2D eigenvalue weighted by Gasteiger charge is -2.18. The first kappa shape index (κ1) is 13.7. The van der Waals surface area contributed by atoms with Crippen molar-refractivity contribution in [2.75, 3.05) is 0 Å². The van der Waals surface area contributed by atoms with Crippen molar-refractivity contribution in [1.29, 1.82) is 0 Å². The average Bonchev–Trinajstić information content (AvgIpc) is 2.51. The molecule has 0 heterocycles. The third-order valence-electron chi connectivity index (χ3n) is 3.80. The van der Waals surface area contributed by atoms with Gasteiger partial charge in [-0.25, -0.2) is 9.82 Å². The number of hydrogen-bond acceptors (Lipinski definition) is 2. The molecule has 3 heteroatoms. The van der Waals surface area contributed by atoms with Crippen LogP contribution in [0, 0.1) is 12.7 Å². The summed E-state index contributed by atoms with van der Waals surface area (Å²) in [5.41, 5.74) is 5.24. The Morgan fingerprint density at radius 1 is 0.905 bits per heavy atom. The van der Waals surface area contributed by atoms with Gasteiger partial charge in [-0.2, -0.15) is 0 Å². The Morgan fingerprint density at radius 3 is 2.29 bits per heavy atom. The van der Waals surface area contributed by atoms with Gasteiger partial charge in [-0.1, -0.05) is 48.5 Å². The smallest absolute Gasteiger partial charge is 0.126 e. The second-order valence-electron chi connectivity index (χ2n) is 5.21. The molecule has 1 unspecified atom stereocenters. The van der Waals surface area contributed by atoms with Crippen molar-refractivity contribution in [3.05, 3.63) is 83.2 Å². The number of fused-ring (bicyclic) bond motifs is 1. The number of aryl methyl sites for hydroxylation is 1. The summed E-state index contributed by atoms with van der Waals surface area (Å²) in [5, 5.41) is 2.31. The summed E-state index contributed by atoms with van der Waals surface area (Å²) in [6.45, 7) is 1.75. The molecule has 106 valence electrons. The summed E-state index contributed by atoms with van der Waals surface area (Å²) in [6.07, 6.45) is 0. The molecular formula is C18H17FN2. The van der Waals surface area contributed by atoms with Crippen molar-refractivity contribution in [3.8, 4) is 0 Å². The first-order valence-electron chi connectivity index (χ1n) is 6.90. The van der Waals surface area contributed by atoms with E-state index in [-0.39, 0.29) is 11.9 Å². The van der Waals surface area contributed by atoms with Crippen LogP contribution in [0.3, 0.4) is 0 Å². The summed E-state index contributed by atoms with van der Waals surface area (Å²) < 4.78 is 13.8. The van der Waals surface area contributed by atoms with Crippen LogP contribution in [0.15, 0.2) is 60.7 Å². The summed E-state index contributed by atoms with van der Waals surface area (Å²) in [6, 6.07) is 19.3. The fourth-order valence-corrected chi connectivity index (χ4v) is 2.56. The Balaban J connectivity index is 2.06. The molecule has 3 N–H and O–H groups in total. The van der Waals surface area contributed by atoms with E-state index in [1.807, 2.05) is 24.3 Å². The second-order valence-corrected chi connectivity index (χ2v) is 5.21. The summed E-state index contributed by atoms with van der Waals surface area (Å²) in [4.78, 5) is 0. The van der Waals surface area contributed by atoms with Gasteiger partial charge in [0.25, 0.3) is 0 Å². The zero-order chi connectivity index (χ0) is 14.8. The lowest BCUT2D eigenvalue weighted by Crippen LogP contribution is -2.28. The average molecular weight is 280 g/mol. The predicted molar refractivity (Wildman–Crippen MR) is 84.3 cm³/mol. The maximum Gasteiger partial charge on any atom is 0.126 e. The molecule has 0 aliphatic heterocycles. The van der Waals surface area contributed by atoms with Gasteiger partial charge in [0.2, 0.25) is 0 Å². The Hall–Kier alpha value is -2.23. The van der Waals surface area contributed by atoms with E-state index in [4.69, 9.17) is 5.84 Å². The van der Waals surface area contributed by atoms with Gasteiger partial charge in [-0.05, 0) is 46.5 Å². The van der Waals surface area contributed by atoms with E-state index in [1.165, 1.54) is 11.5 Å². The van der Waals surface area contributed by atoms with Gasteiger partial charge in [0.05, 0.1) is 6.04 Å². The van der Waals surface area contributed by atoms with E-state index in [0.717, 1.165) is 16.5 Å². The van der Waals surface area contributed by atoms with Crippen molar-refractivity contribution in [2.45, 2.75) is 13.0 Å². The molecular weight excluding hydrogens is 263 g/mol. The Bertz CT molecular complexity index is 783. The molecule has 2 nitrogen and oxygen atoms in total.